The zero-order chi connectivity index (χ0) is 19.7. The summed E-state index contributed by atoms with van der Waals surface area (Å²) in [5, 5.41) is 5.79. The summed E-state index contributed by atoms with van der Waals surface area (Å²) >= 11 is 20.2. The number of halogens is 3. The van der Waals surface area contributed by atoms with Crippen LogP contribution in [-0.4, -0.2) is 4.98 Å². The van der Waals surface area contributed by atoms with E-state index >= 15 is 0 Å². The van der Waals surface area contributed by atoms with Crippen molar-refractivity contribution in [3.8, 4) is 21.7 Å². The lowest BCUT2D eigenvalue weighted by molar-refractivity contribution is 1.38. The number of aryl methyl sites for hydroxylation is 1. The van der Waals surface area contributed by atoms with Gasteiger partial charge in [-0.25, -0.2) is 4.98 Å². The summed E-state index contributed by atoms with van der Waals surface area (Å²) in [5.41, 5.74) is 4.84. The van der Waals surface area contributed by atoms with E-state index in [4.69, 9.17) is 39.8 Å². The number of para-hydroxylation sites is 1. The number of anilines is 2. The van der Waals surface area contributed by atoms with Gasteiger partial charge in [0.05, 0.1) is 26.3 Å². The second-order valence-corrected chi connectivity index (χ2v) is 8.54. The lowest BCUT2D eigenvalue weighted by Gasteiger charge is -2.06. The van der Waals surface area contributed by atoms with Gasteiger partial charge in [0.15, 0.2) is 5.13 Å². The molecule has 0 bridgehead atoms. The molecule has 6 heteroatoms. The number of thiazole rings is 1. The van der Waals surface area contributed by atoms with E-state index in [9.17, 15) is 0 Å². The molecule has 4 rings (SSSR count). The Bertz CT molecular complexity index is 1040. The Kier molecular flexibility index (Phi) is 5.61. The van der Waals surface area contributed by atoms with Gasteiger partial charge >= 0.3 is 0 Å². The molecular formula is C22H15Cl3N2S. The van der Waals surface area contributed by atoms with Gasteiger partial charge in [-0.1, -0.05) is 94.2 Å². The highest BCUT2D eigenvalue weighted by molar-refractivity contribution is 7.19. The predicted octanol–water partition coefficient (Wildman–Crippen LogP) is 8.49. The number of hydrogen-bond acceptors (Lipinski definition) is 3. The maximum Gasteiger partial charge on any atom is 0.188 e. The second-order valence-electron chi connectivity index (χ2n) is 6.29. The molecule has 0 amide bonds. The van der Waals surface area contributed by atoms with Crippen LogP contribution in [0.5, 0.6) is 0 Å². The molecule has 0 atom stereocenters. The van der Waals surface area contributed by atoms with E-state index in [2.05, 4.69) is 36.5 Å². The van der Waals surface area contributed by atoms with Crippen molar-refractivity contribution < 1.29 is 0 Å². The van der Waals surface area contributed by atoms with Gasteiger partial charge in [-0.3, -0.25) is 0 Å². The lowest BCUT2D eigenvalue weighted by atomic mass is 10.1. The summed E-state index contributed by atoms with van der Waals surface area (Å²) in [6, 6.07) is 21.5. The van der Waals surface area contributed by atoms with E-state index in [1.165, 1.54) is 5.56 Å². The Balaban J connectivity index is 1.82. The molecule has 28 heavy (non-hydrogen) atoms. The summed E-state index contributed by atoms with van der Waals surface area (Å²) in [5.74, 6) is 0. The molecule has 0 aliphatic heterocycles. The smallest absolute Gasteiger partial charge is 0.188 e. The number of rotatable bonds is 4. The molecule has 4 aromatic rings. The molecule has 0 aliphatic carbocycles. The Morgan fingerprint density at radius 3 is 2.04 bits per heavy atom. The number of benzene rings is 3. The molecule has 3 aromatic carbocycles. The average molecular weight is 446 g/mol. The molecule has 1 aromatic heterocycles. The van der Waals surface area contributed by atoms with Crippen LogP contribution in [0.25, 0.3) is 21.7 Å². The van der Waals surface area contributed by atoms with E-state index in [1.807, 2.05) is 30.3 Å². The molecule has 140 valence electrons. The van der Waals surface area contributed by atoms with Crippen LogP contribution in [0, 0.1) is 6.92 Å². The van der Waals surface area contributed by atoms with E-state index in [-0.39, 0.29) is 0 Å². The fraction of sp³-hybridized carbons (Fsp3) is 0.0455. The first kappa shape index (κ1) is 19.3. The van der Waals surface area contributed by atoms with Gasteiger partial charge in [0.25, 0.3) is 0 Å². The predicted molar refractivity (Wildman–Crippen MR) is 122 cm³/mol. The number of nitrogens with zero attached hydrogens (tertiary/aromatic N) is 1. The van der Waals surface area contributed by atoms with Gasteiger partial charge in [0, 0.05) is 10.6 Å². The van der Waals surface area contributed by atoms with Crippen LogP contribution in [-0.2, 0) is 0 Å². The zero-order valence-electron chi connectivity index (χ0n) is 14.8. The van der Waals surface area contributed by atoms with Crippen LogP contribution in [0.4, 0.5) is 10.8 Å². The maximum atomic E-state index is 6.31. The summed E-state index contributed by atoms with van der Waals surface area (Å²) in [4.78, 5) is 5.90. The Morgan fingerprint density at radius 1 is 0.786 bits per heavy atom. The van der Waals surface area contributed by atoms with Gasteiger partial charge in [-0.05, 0) is 36.8 Å². The zero-order valence-corrected chi connectivity index (χ0v) is 17.9. The summed E-state index contributed by atoms with van der Waals surface area (Å²) < 4.78 is 0. The van der Waals surface area contributed by atoms with Crippen LogP contribution in [0.15, 0.2) is 66.7 Å². The average Bonchev–Trinajstić information content (AvgIpc) is 3.10. The van der Waals surface area contributed by atoms with Gasteiger partial charge in [0.2, 0.25) is 0 Å². The van der Waals surface area contributed by atoms with Gasteiger partial charge in [-0.15, -0.1) is 0 Å². The molecule has 0 unspecified atom stereocenters. The Morgan fingerprint density at radius 2 is 1.39 bits per heavy atom. The molecule has 0 spiro atoms. The van der Waals surface area contributed by atoms with E-state index in [0.717, 1.165) is 26.8 Å². The monoisotopic (exact) mass is 444 g/mol. The highest BCUT2D eigenvalue weighted by atomic mass is 35.5. The second kappa shape index (κ2) is 8.14. The van der Waals surface area contributed by atoms with Crippen molar-refractivity contribution in [2.24, 2.45) is 0 Å². The minimum Gasteiger partial charge on any atom is -0.329 e. The topological polar surface area (TPSA) is 24.9 Å². The highest BCUT2D eigenvalue weighted by Crippen LogP contribution is 2.42. The summed E-state index contributed by atoms with van der Waals surface area (Å²) in [6.45, 7) is 2.07. The first-order valence-electron chi connectivity index (χ1n) is 8.56. The SMILES string of the molecule is Cc1ccc(-c2sc(Nc3c(Cl)cccc3Cl)nc2-c2ccc(Cl)cc2)cc1. The number of aromatic nitrogens is 1. The van der Waals surface area contributed by atoms with E-state index in [1.54, 1.807) is 23.5 Å². The fourth-order valence-electron chi connectivity index (χ4n) is 2.80. The third-order valence-corrected chi connectivity index (χ3v) is 6.16. The molecule has 0 aliphatic rings. The van der Waals surface area contributed by atoms with Crippen molar-refractivity contribution >= 4 is 57.0 Å². The van der Waals surface area contributed by atoms with Crippen LogP contribution in [0.2, 0.25) is 15.1 Å². The number of nitrogens with one attached hydrogen (secondary N) is 1. The van der Waals surface area contributed by atoms with Crippen LogP contribution >= 0.6 is 46.1 Å². The molecular weight excluding hydrogens is 431 g/mol. The fourth-order valence-corrected chi connectivity index (χ4v) is 4.42. The molecule has 2 nitrogen and oxygen atoms in total. The van der Waals surface area contributed by atoms with Crippen molar-refractivity contribution in [1.82, 2.24) is 4.98 Å². The van der Waals surface area contributed by atoms with Crippen molar-refractivity contribution in [2.45, 2.75) is 6.92 Å². The van der Waals surface area contributed by atoms with E-state index < -0.39 is 0 Å². The van der Waals surface area contributed by atoms with Gasteiger partial charge in [-0.2, -0.15) is 0 Å². The Hall–Kier alpha value is -2.04. The third-order valence-electron chi connectivity index (χ3n) is 4.25. The standard InChI is InChI=1S/C22H15Cl3N2S/c1-13-5-7-15(8-6-13)21-19(14-9-11-16(23)12-10-14)26-22(28-21)27-20-17(24)3-2-4-18(20)25/h2-12H,1H3,(H,26,27). The summed E-state index contributed by atoms with van der Waals surface area (Å²) in [7, 11) is 0. The normalized spacial score (nSPS) is 10.9. The largest absolute Gasteiger partial charge is 0.329 e. The Labute approximate surface area is 182 Å². The van der Waals surface area contributed by atoms with Crippen LogP contribution in [0.1, 0.15) is 5.56 Å². The van der Waals surface area contributed by atoms with E-state index in [0.29, 0.717) is 20.8 Å². The number of hydrogen-bond donors (Lipinski definition) is 1. The van der Waals surface area contributed by atoms with Crippen LogP contribution in [0.3, 0.4) is 0 Å². The van der Waals surface area contributed by atoms with Crippen molar-refractivity contribution in [3.63, 3.8) is 0 Å². The van der Waals surface area contributed by atoms with Gasteiger partial charge < -0.3 is 5.32 Å². The van der Waals surface area contributed by atoms with Crippen LogP contribution < -0.4 is 5.32 Å². The quantitative estimate of drug-likeness (QED) is 0.340. The van der Waals surface area contributed by atoms with Crippen molar-refractivity contribution in [1.29, 1.82) is 0 Å². The molecule has 0 fully saturated rings. The highest BCUT2D eigenvalue weighted by Gasteiger charge is 2.17. The lowest BCUT2D eigenvalue weighted by Crippen LogP contribution is -1.91. The first-order chi connectivity index (χ1) is 13.5. The minimum atomic E-state index is 0.549. The molecule has 0 radical (unpaired) electrons. The van der Waals surface area contributed by atoms with Crippen molar-refractivity contribution in [3.05, 3.63) is 87.4 Å². The van der Waals surface area contributed by atoms with Gasteiger partial charge in [0.1, 0.15) is 0 Å². The first-order valence-corrected chi connectivity index (χ1v) is 10.5. The minimum absolute atomic E-state index is 0.549. The molecule has 1 heterocycles. The third kappa shape index (κ3) is 4.03. The molecule has 0 saturated carbocycles. The maximum absolute atomic E-state index is 6.31. The molecule has 0 saturated heterocycles. The summed E-state index contributed by atoms with van der Waals surface area (Å²) in [6.07, 6.45) is 0. The molecule has 1 N–H and O–H groups in total. The van der Waals surface area contributed by atoms with Crippen molar-refractivity contribution in [2.75, 3.05) is 5.32 Å².